The largest absolute Gasteiger partial charge is 0.481 e. The van der Waals surface area contributed by atoms with E-state index in [9.17, 15) is 9.59 Å². The molecular formula is C12H15ClN2O3. The minimum atomic E-state index is -0.824. The van der Waals surface area contributed by atoms with Gasteiger partial charge in [0.2, 0.25) is 0 Å². The lowest BCUT2D eigenvalue weighted by atomic mass is 10.1. The number of aromatic nitrogens is 1. The van der Waals surface area contributed by atoms with Crippen LogP contribution < -0.4 is 5.32 Å². The maximum atomic E-state index is 11.7. The Morgan fingerprint density at radius 1 is 1.50 bits per heavy atom. The standard InChI is InChI=1S/C12H15ClN2O3/c1-8(2-5-11(16)17)6-15-12(18)9-3-4-10(13)14-7-9/h3-4,7-8H,2,5-6H2,1H3,(H,15,18)(H,16,17). The summed E-state index contributed by atoms with van der Waals surface area (Å²) in [6, 6.07) is 3.14. The monoisotopic (exact) mass is 270 g/mol. The van der Waals surface area contributed by atoms with Crippen molar-refractivity contribution in [1.29, 1.82) is 0 Å². The number of rotatable bonds is 6. The minimum absolute atomic E-state index is 0.111. The first-order valence-electron chi connectivity index (χ1n) is 5.60. The zero-order chi connectivity index (χ0) is 13.5. The third kappa shape index (κ3) is 5.14. The van der Waals surface area contributed by atoms with Crippen LogP contribution in [-0.4, -0.2) is 28.5 Å². The maximum Gasteiger partial charge on any atom is 0.303 e. The predicted octanol–water partition coefficient (Wildman–Crippen LogP) is 1.97. The van der Waals surface area contributed by atoms with Crippen LogP contribution in [0.3, 0.4) is 0 Å². The third-order valence-corrected chi connectivity index (χ3v) is 2.68. The number of carboxylic acids is 1. The summed E-state index contributed by atoms with van der Waals surface area (Å²) < 4.78 is 0. The Balaban J connectivity index is 2.36. The molecule has 0 aromatic carbocycles. The predicted molar refractivity (Wildman–Crippen MR) is 67.6 cm³/mol. The number of aliphatic carboxylic acids is 1. The quantitative estimate of drug-likeness (QED) is 0.775. The van der Waals surface area contributed by atoms with Crippen molar-refractivity contribution in [2.75, 3.05) is 6.54 Å². The number of carbonyl (C=O) groups excluding carboxylic acids is 1. The summed E-state index contributed by atoms with van der Waals surface area (Å²) in [5.41, 5.74) is 0.435. The number of halogens is 1. The van der Waals surface area contributed by atoms with Gasteiger partial charge in [-0.1, -0.05) is 18.5 Å². The number of nitrogens with one attached hydrogen (secondary N) is 1. The highest BCUT2D eigenvalue weighted by atomic mass is 35.5. The van der Waals surface area contributed by atoms with Gasteiger partial charge in [0.05, 0.1) is 5.56 Å². The molecule has 1 heterocycles. The van der Waals surface area contributed by atoms with Crippen molar-refractivity contribution in [2.45, 2.75) is 19.8 Å². The number of hydrogen-bond donors (Lipinski definition) is 2. The molecule has 1 amide bonds. The van der Waals surface area contributed by atoms with E-state index in [1.807, 2.05) is 6.92 Å². The Hall–Kier alpha value is -1.62. The van der Waals surface area contributed by atoms with E-state index in [1.165, 1.54) is 6.20 Å². The van der Waals surface area contributed by atoms with E-state index in [0.717, 1.165) is 0 Å². The lowest BCUT2D eigenvalue weighted by Gasteiger charge is -2.11. The molecule has 1 aromatic heterocycles. The van der Waals surface area contributed by atoms with Crippen molar-refractivity contribution < 1.29 is 14.7 Å². The smallest absolute Gasteiger partial charge is 0.303 e. The lowest BCUT2D eigenvalue weighted by Crippen LogP contribution is -2.28. The van der Waals surface area contributed by atoms with Gasteiger partial charge in [0.25, 0.3) is 5.91 Å². The summed E-state index contributed by atoms with van der Waals surface area (Å²) in [4.78, 5) is 25.9. The van der Waals surface area contributed by atoms with Crippen LogP contribution in [0.5, 0.6) is 0 Å². The van der Waals surface area contributed by atoms with Crippen molar-refractivity contribution in [2.24, 2.45) is 5.92 Å². The van der Waals surface area contributed by atoms with Gasteiger partial charge < -0.3 is 10.4 Å². The van der Waals surface area contributed by atoms with Crippen molar-refractivity contribution in [3.63, 3.8) is 0 Å². The molecule has 1 atom stereocenters. The van der Waals surface area contributed by atoms with Crippen molar-refractivity contribution >= 4 is 23.5 Å². The van der Waals surface area contributed by atoms with Crippen LogP contribution in [0.1, 0.15) is 30.1 Å². The van der Waals surface area contributed by atoms with Gasteiger partial charge in [-0.2, -0.15) is 0 Å². The molecule has 0 bridgehead atoms. The van der Waals surface area contributed by atoms with Gasteiger partial charge in [-0.25, -0.2) is 4.98 Å². The van der Waals surface area contributed by atoms with Crippen molar-refractivity contribution in [1.82, 2.24) is 10.3 Å². The normalized spacial score (nSPS) is 11.9. The lowest BCUT2D eigenvalue weighted by molar-refractivity contribution is -0.137. The average molecular weight is 271 g/mol. The zero-order valence-electron chi connectivity index (χ0n) is 10.0. The topological polar surface area (TPSA) is 79.3 Å². The van der Waals surface area contributed by atoms with Crippen LogP contribution >= 0.6 is 11.6 Å². The fourth-order valence-electron chi connectivity index (χ4n) is 1.35. The van der Waals surface area contributed by atoms with Gasteiger partial charge in [-0.05, 0) is 24.5 Å². The van der Waals surface area contributed by atoms with Gasteiger partial charge in [0, 0.05) is 19.2 Å². The molecule has 0 aliphatic rings. The molecule has 0 aliphatic heterocycles. The van der Waals surface area contributed by atoms with E-state index < -0.39 is 5.97 Å². The molecule has 1 unspecified atom stereocenters. The Morgan fingerprint density at radius 2 is 2.22 bits per heavy atom. The molecule has 98 valence electrons. The second-order valence-corrected chi connectivity index (χ2v) is 4.50. The summed E-state index contributed by atoms with van der Waals surface area (Å²) in [5, 5.41) is 11.6. The van der Waals surface area contributed by atoms with E-state index in [1.54, 1.807) is 12.1 Å². The molecule has 0 aliphatic carbocycles. The van der Waals surface area contributed by atoms with Crippen molar-refractivity contribution in [3.05, 3.63) is 29.0 Å². The molecule has 1 aromatic rings. The number of nitrogens with zero attached hydrogens (tertiary/aromatic N) is 1. The first-order chi connectivity index (χ1) is 8.49. The number of pyridine rings is 1. The molecule has 1 rings (SSSR count). The summed E-state index contributed by atoms with van der Waals surface area (Å²) in [6.07, 6.45) is 2.05. The Labute approximate surface area is 110 Å². The van der Waals surface area contributed by atoms with Gasteiger partial charge in [0.15, 0.2) is 0 Å². The van der Waals surface area contributed by atoms with Crippen LogP contribution in [0.15, 0.2) is 18.3 Å². The van der Waals surface area contributed by atoms with E-state index in [-0.39, 0.29) is 18.2 Å². The van der Waals surface area contributed by atoms with Crippen LogP contribution in [0.4, 0.5) is 0 Å². The van der Waals surface area contributed by atoms with Crippen molar-refractivity contribution in [3.8, 4) is 0 Å². The fourth-order valence-corrected chi connectivity index (χ4v) is 1.46. The average Bonchev–Trinajstić information content (AvgIpc) is 2.34. The number of amides is 1. The van der Waals surface area contributed by atoms with E-state index in [2.05, 4.69) is 10.3 Å². The molecule has 5 nitrogen and oxygen atoms in total. The Morgan fingerprint density at radius 3 is 2.78 bits per heavy atom. The van der Waals surface area contributed by atoms with Gasteiger partial charge in [-0.3, -0.25) is 9.59 Å². The molecule has 18 heavy (non-hydrogen) atoms. The Kier molecular flexibility index (Phi) is 5.58. The van der Waals surface area contributed by atoms with E-state index in [4.69, 9.17) is 16.7 Å². The molecule has 6 heteroatoms. The van der Waals surface area contributed by atoms with Crippen LogP contribution in [0.25, 0.3) is 0 Å². The molecule has 0 saturated carbocycles. The Bertz CT molecular complexity index is 420. The summed E-state index contributed by atoms with van der Waals surface area (Å²) in [5.74, 6) is -0.943. The second kappa shape index (κ2) is 6.96. The van der Waals surface area contributed by atoms with Crippen LogP contribution in [0, 0.1) is 5.92 Å². The highest BCUT2D eigenvalue weighted by molar-refractivity contribution is 6.29. The number of carbonyl (C=O) groups is 2. The minimum Gasteiger partial charge on any atom is -0.481 e. The first kappa shape index (κ1) is 14.4. The van der Waals surface area contributed by atoms with Crippen LogP contribution in [0.2, 0.25) is 5.15 Å². The zero-order valence-corrected chi connectivity index (χ0v) is 10.8. The molecular weight excluding hydrogens is 256 g/mol. The number of hydrogen-bond acceptors (Lipinski definition) is 3. The SMILES string of the molecule is CC(CCC(=O)O)CNC(=O)c1ccc(Cl)nc1. The third-order valence-electron chi connectivity index (χ3n) is 2.45. The molecule has 0 saturated heterocycles. The first-order valence-corrected chi connectivity index (χ1v) is 5.98. The molecule has 0 radical (unpaired) electrons. The van der Waals surface area contributed by atoms with E-state index in [0.29, 0.717) is 23.7 Å². The maximum absolute atomic E-state index is 11.7. The van der Waals surface area contributed by atoms with Gasteiger partial charge >= 0.3 is 5.97 Å². The number of carboxylic acid groups (broad SMARTS) is 1. The molecule has 0 spiro atoms. The summed E-state index contributed by atoms with van der Waals surface area (Å²) >= 11 is 5.62. The molecule has 0 fully saturated rings. The van der Waals surface area contributed by atoms with Crippen LogP contribution in [-0.2, 0) is 4.79 Å². The molecule has 2 N–H and O–H groups in total. The highest BCUT2D eigenvalue weighted by Crippen LogP contribution is 2.07. The van der Waals surface area contributed by atoms with E-state index >= 15 is 0 Å². The fraction of sp³-hybridized carbons (Fsp3) is 0.417. The summed E-state index contributed by atoms with van der Waals surface area (Å²) in [7, 11) is 0. The van der Waals surface area contributed by atoms with Gasteiger partial charge in [0.1, 0.15) is 5.15 Å². The van der Waals surface area contributed by atoms with Gasteiger partial charge in [-0.15, -0.1) is 0 Å². The summed E-state index contributed by atoms with van der Waals surface area (Å²) in [6.45, 7) is 2.33. The second-order valence-electron chi connectivity index (χ2n) is 4.12. The highest BCUT2D eigenvalue weighted by Gasteiger charge is 2.09.